The second kappa shape index (κ2) is 65.6. The molecule has 0 saturated heterocycles. The van der Waals surface area contributed by atoms with E-state index in [9.17, 15) is 14.4 Å². The molecule has 0 heterocycles. The van der Waals surface area contributed by atoms with Crippen LogP contribution in [0, 0.1) is 11.8 Å². The van der Waals surface area contributed by atoms with E-state index in [1.807, 2.05) is 0 Å². The number of hydrogen-bond donors (Lipinski definition) is 0. The van der Waals surface area contributed by atoms with Crippen LogP contribution in [0.15, 0.2) is 0 Å². The van der Waals surface area contributed by atoms with Gasteiger partial charge in [-0.05, 0) is 31.1 Å². The molecule has 6 nitrogen and oxygen atoms in total. The minimum absolute atomic E-state index is 0.0610. The molecule has 470 valence electrons. The van der Waals surface area contributed by atoms with Crippen LogP contribution < -0.4 is 0 Å². The van der Waals surface area contributed by atoms with E-state index in [-0.39, 0.29) is 31.1 Å². The molecule has 0 saturated carbocycles. The number of carbonyl (C=O) groups is 3. The topological polar surface area (TPSA) is 78.9 Å². The zero-order valence-electron chi connectivity index (χ0n) is 54.5. The van der Waals surface area contributed by atoms with E-state index < -0.39 is 6.10 Å². The third-order valence-corrected chi connectivity index (χ3v) is 17.7. The zero-order chi connectivity index (χ0) is 57.4. The summed E-state index contributed by atoms with van der Waals surface area (Å²) in [5.41, 5.74) is 0. The Balaban J connectivity index is 4.27. The summed E-state index contributed by atoms with van der Waals surface area (Å²) in [5, 5.41) is 0. The Morgan fingerprint density at radius 1 is 0.253 bits per heavy atom. The number of hydrogen-bond acceptors (Lipinski definition) is 6. The lowest BCUT2D eigenvalue weighted by Crippen LogP contribution is -2.30. The molecular formula is C73H142O6. The predicted octanol–water partition coefficient (Wildman–Crippen LogP) is 24.7. The van der Waals surface area contributed by atoms with Gasteiger partial charge in [0.25, 0.3) is 0 Å². The van der Waals surface area contributed by atoms with E-state index in [1.54, 1.807) is 0 Å². The van der Waals surface area contributed by atoms with Crippen LogP contribution in [-0.4, -0.2) is 37.2 Å². The van der Waals surface area contributed by atoms with Gasteiger partial charge in [0, 0.05) is 19.3 Å². The number of unbranched alkanes of at least 4 members (excludes halogenated alkanes) is 50. The Kier molecular flexibility index (Phi) is 64.2. The van der Waals surface area contributed by atoms with Gasteiger partial charge in [0.2, 0.25) is 0 Å². The molecule has 79 heavy (non-hydrogen) atoms. The molecule has 0 aromatic carbocycles. The number of rotatable bonds is 67. The average Bonchev–Trinajstić information content (AvgIpc) is 3.45. The summed E-state index contributed by atoms with van der Waals surface area (Å²) in [5.74, 6) is 0.998. The third kappa shape index (κ3) is 63.8. The van der Waals surface area contributed by atoms with Crippen molar-refractivity contribution in [2.45, 2.75) is 426 Å². The van der Waals surface area contributed by atoms with Crippen LogP contribution in [0.1, 0.15) is 420 Å². The van der Waals surface area contributed by atoms with Gasteiger partial charge in [-0.2, -0.15) is 0 Å². The summed E-state index contributed by atoms with van der Waals surface area (Å²) in [4.78, 5) is 38.5. The molecule has 0 aliphatic rings. The lowest BCUT2D eigenvalue weighted by Gasteiger charge is -2.18. The van der Waals surface area contributed by atoms with Crippen molar-refractivity contribution >= 4 is 17.9 Å². The van der Waals surface area contributed by atoms with Crippen LogP contribution in [-0.2, 0) is 28.6 Å². The minimum atomic E-state index is -0.765. The largest absolute Gasteiger partial charge is 0.462 e. The van der Waals surface area contributed by atoms with Crippen molar-refractivity contribution in [3.63, 3.8) is 0 Å². The molecular weight excluding hydrogens is 973 g/mol. The first-order valence-electron chi connectivity index (χ1n) is 36.3. The molecule has 2 unspecified atom stereocenters. The molecule has 0 spiro atoms. The Morgan fingerprint density at radius 2 is 0.443 bits per heavy atom. The van der Waals surface area contributed by atoms with Gasteiger partial charge in [-0.25, -0.2) is 0 Å². The third-order valence-electron chi connectivity index (χ3n) is 17.7. The highest BCUT2D eigenvalue weighted by Gasteiger charge is 2.20. The van der Waals surface area contributed by atoms with Gasteiger partial charge in [0.05, 0.1) is 0 Å². The predicted molar refractivity (Wildman–Crippen MR) is 344 cm³/mol. The average molecular weight is 1120 g/mol. The Bertz CT molecular complexity index is 1220. The highest BCUT2D eigenvalue weighted by atomic mass is 16.6. The van der Waals surface area contributed by atoms with Crippen molar-refractivity contribution < 1.29 is 28.6 Å². The molecule has 6 heteroatoms. The molecule has 0 aliphatic heterocycles. The first-order chi connectivity index (χ1) is 38.8. The van der Waals surface area contributed by atoms with Gasteiger partial charge in [0.15, 0.2) is 6.10 Å². The van der Waals surface area contributed by atoms with Crippen molar-refractivity contribution in [2.75, 3.05) is 13.2 Å². The number of esters is 3. The second-order valence-electron chi connectivity index (χ2n) is 25.7. The van der Waals surface area contributed by atoms with Crippen molar-refractivity contribution in [2.24, 2.45) is 11.8 Å². The fraction of sp³-hybridized carbons (Fsp3) is 0.959. The highest BCUT2D eigenvalue weighted by molar-refractivity contribution is 5.71. The van der Waals surface area contributed by atoms with E-state index in [1.165, 1.54) is 308 Å². The maximum Gasteiger partial charge on any atom is 0.306 e. The van der Waals surface area contributed by atoms with Crippen LogP contribution in [0.5, 0.6) is 0 Å². The molecule has 0 N–H and O–H groups in total. The molecule has 0 rings (SSSR count). The molecule has 0 bridgehead atoms. The van der Waals surface area contributed by atoms with Crippen molar-refractivity contribution in [1.82, 2.24) is 0 Å². The highest BCUT2D eigenvalue weighted by Crippen LogP contribution is 2.21. The Morgan fingerprint density at radius 3 is 0.658 bits per heavy atom. The smallest absolute Gasteiger partial charge is 0.306 e. The quantitative estimate of drug-likeness (QED) is 0.0343. The van der Waals surface area contributed by atoms with E-state index in [0.29, 0.717) is 19.3 Å². The number of ether oxygens (including phenoxy) is 3. The molecule has 0 aromatic heterocycles. The van der Waals surface area contributed by atoms with E-state index in [0.717, 1.165) is 69.6 Å². The summed E-state index contributed by atoms with van der Waals surface area (Å²) in [6.07, 6.45) is 75.4. The normalized spacial score (nSPS) is 12.7. The summed E-state index contributed by atoms with van der Waals surface area (Å²) in [6.45, 7) is 11.6. The van der Waals surface area contributed by atoms with Crippen LogP contribution in [0.3, 0.4) is 0 Å². The van der Waals surface area contributed by atoms with Gasteiger partial charge in [-0.15, -0.1) is 0 Å². The number of carbonyl (C=O) groups excluding carboxylic acids is 3. The second-order valence-corrected chi connectivity index (χ2v) is 25.7. The lowest BCUT2D eigenvalue weighted by atomic mass is 9.99. The van der Waals surface area contributed by atoms with E-state index in [2.05, 4.69) is 34.6 Å². The molecule has 0 aromatic rings. The van der Waals surface area contributed by atoms with Gasteiger partial charge in [-0.3, -0.25) is 14.4 Å². The van der Waals surface area contributed by atoms with Crippen molar-refractivity contribution in [1.29, 1.82) is 0 Å². The maximum atomic E-state index is 13.0. The fourth-order valence-corrected chi connectivity index (χ4v) is 11.5. The standard InChI is InChI=1S/C73H142O6/c1-6-9-10-11-12-13-14-15-16-21-28-33-38-43-48-53-58-63-71(74)77-66-70(79-73(76)65-60-55-50-45-40-35-30-25-20-18-23-27-32-37-42-47-52-57-62-69(5)8-3)67-78-72(75)64-59-54-49-44-39-34-29-24-19-17-22-26-31-36-41-46-51-56-61-68(4)7-2/h68-70H,6-67H2,1-5H3/t68?,69?,70-/m1/s1. The summed E-state index contributed by atoms with van der Waals surface area (Å²) in [7, 11) is 0. The minimum Gasteiger partial charge on any atom is -0.462 e. The van der Waals surface area contributed by atoms with Crippen LogP contribution >= 0.6 is 0 Å². The fourth-order valence-electron chi connectivity index (χ4n) is 11.5. The summed E-state index contributed by atoms with van der Waals surface area (Å²) >= 11 is 0. The van der Waals surface area contributed by atoms with Gasteiger partial charge >= 0.3 is 17.9 Å². The lowest BCUT2D eigenvalue weighted by molar-refractivity contribution is -0.167. The van der Waals surface area contributed by atoms with Crippen LogP contribution in [0.2, 0.25) is 0 Å². The molecule has 0 aliphatic carbocycles. The Hall–Kier alpha value is -1.59. The van der Waals surface area contributed by atoms with E-state index >= 15 is 0 Å². The van der Waals surface area contributed by atoms with Crippen molar-refractivity contribution in [3.05, 3.63) is 0 Å². The first kappa shape index (κ1) is 77.4. The van der Waals surface area contributed by atoms with Gasteiger partial charge in [-0.1, -0.05) is 381 Å². The molecule has 3 atom stereocenters. The first-order valence-corrected chi connectivity index (χ1v) is 36.3. The van der Waals surface area contributed by atoms with Gasteiger partial charge in [0.1, 0.15) is 13.2 Å². The van der Waals surface area contributed by atoms with Crippen molar-refractivity contribution in [3.8, 4) is 0 Å². The van der Waals surface area contributed by atoms with E-state index in [4.69, 9.17) is 14.2 Å². The molecule has 0 radical (unpaired) electrons. The van der Waals surface area contributed by atoms with Crippen LogP contribution in [0.4, 0.5) is 0 Å². The molecule has 0 fully saturated rings. The summed E-state index contributed by atoms with van der Waals surface area (Å²) in [6, 6.07) is 0. The van der Waals surface area contributed by atoms with Gasteiger partial charge < -0.3 is 14.2 Å². The Labute approximate surface area is 495 Å². The molecule has 0 amide bonds. The SMILES string of the molecule is CCCCCCCCCCCCCCCCCCCC(=O)OC[C@H](COC(=O)CCCCCCCCCCCCCCCCCCCCC(C)CC)OC(=O)CCCCCCCCCCCCCCCCCCCCC(C)CC. The van der Waals surface area contributed by atoms with Crippen LogP contribution in [0.25, 0.3) is 0 Å². The monoisotopic (exact) mass is 1120 g/mol. The maximum absolute atomic E-state index is 13.0. The zero-order valence-corrected chi connectivity index (χ0v) is 54.5. The summed E-state index contributed by atoms with van der Waals surface area (Å²) < 4.78 is 17.0.